The Morgan fingerprint density at radius 2 is 1.00 bits per heavy atom. The van der Waals surface area contributed by atoms with Gasteiger partial charge in [-0.3, -0.25) is 4.18 Å². The first kappa shape index (κ1) is 47.7. The van der Waals surface area contributed by atoms with E-state index < -0.39 is 47.7 Å². The third-order valence-electron chi connectivity index (χ3n) is 9.48. The van der Waals surface area contributed by atoms with Crippen molar-refractivity contribution in [3.8, 4) is 0 Å². The van der Waals surface area contributed by atoms with Gasteiger partial charge in [-0.1, -0.05) is 168 Å². The van der Waals surface area contributed by atoms with Crippen LogP contribution in [0.15, 0.2) is 0 Å². The van der Waals surface area contributed by atoms with Crippen molar-refractivity contribution in [1.82, 2.24) is 0 Å². The van der Waals surface area contributed by atoms with Gasteiger partial charge in [0.25, 0.3) is 0 Å². The predicted octanol–water partition coefficient (Wildman–Crippen LogP) is 5.09. The molecule has 0 saturated carbocycles. The van der Waals surface area contributed by atoms with Crippen LogP contribution in [0.25, 0.3) is 0 Å². The van der Waals surface area contributed by atoms with E-state index in [-0.39, 0.29) is 35.5 Å². The van der Waals surface area contributed by atoms with E-state index in [9.17, 15) is 28.3 Å². The Labute approximate surface area is 310 Å². The van der Waals surface area contributed by atoms with Gasteiger partial charge in [-0.05, 0) is 18.8 Å². The summed E-state index contributed by atoms with van der Waals surface area (Å²) >= 11 is 0. The number of aliphatic hydroxyl groups excluding tert-OH is 3. The molecule has 3 N–H and O–H groups in total. The summed E-state index contributed by atoms with van der Waals surface area (Å²) < 4.78 is 49.5. The van der Waals surface area contributed by atoms with E-state index >= 15 is 0 Å². The molecule has 0 amide bonds. The maximum atomic E-state index is 11.2. The molecule has 1 rings (SSSR count). The molecule has 9 nitrogen and oxygen atoms in total. The van der Waals surface area contributed by atoms with E-state index in [1.165, 1.54) is 141 Å². The number of aliphatic hydroxyl groups is 3. The maximum absolute atomic E-state index is 11.2. The van der Waals surface area contributed by atoms with E-state index in [0.29, 0.717) is 6.61 Å². The van der Waals surface area contributed by atoms with Crippen LogP contribution in [0.3, 0.4) is 0 Å². The molecule has 1 saturated heterocycles. The number of ether oxygens (including phenoxy) is 2. The predicted molar refractivity (Wildman–Crippen MR) is 183 cm³/mol. The Hall–Kier alpha value is 0.670. The van der Waals surface area contributed by atoms with Crippen molar-refractivity contribution in [2.45, 2.75) is 211 Å². The summed E-state index contributed by atoms with van der Waals surface area (Å²) in [6.45, 7) is 4.15. The van der Waals surface area contributed by atoms with Crippen LogP contribution in [-0.2, 0) is 24.1 Å². The Balaban J connectivity index is 0.0000212. The minimum absolute atomic E-state index is 0. The molecule has 5 atom stereocenters. The minimum atomic E-state index is -5.20. The summed E-state index contributed by atoms with van der Waals surface area (Å²) in [5.41, 5.74) is 0. The SMILES string of the molecule is CCCCCCCCCCCCCCC(CCCCCCCCCCCCCC)CO[C@@H]1O[C@H](CO)[C@H](O)[C@H](OS(=O)(=O)[O-])[C@H]1O.[Na+]. The third kappa shape index (κ3) is 25.3. The molecule has 0 radical (unpaired) electrons. The van der Waals surface area contributed by atoms with Gasteiger partial charge >= 0.3 is 29.6 Å². The Bertz CT molecular complexity index is 760. The minimum Gasteiger partial charge on any atom is -0.726 e. The summed E-state index contributed by atoms with van der Waals surface area (Å²) in [6, 6.07) is 0. The van der Waals surface area contributed by atoms with Crippen molar-refractivity contribution < 1.29 is 71.5 Å². The second kappa shape index (κ2) is 31.4. The zero-order valence-corrected chi connectivity index (χ0v) is 33.3. The van der Waals surface area contributed by atoms with Crippen LogP contribution in [0, 0.1) is 5.92 Å². The second-order valence-corrected chi connectivity index (χ2v) is 14.7. The normalized spacial score (nSPS) is 21.7. The molecule has 0 aromatic rings. The van der Waals surface area contributed by atoms with Gasteiger partial charge in [-0.2, -0.15) is 0 Å². The summed E-state index contributed by atoms with van der Waals surface area (Å²) in [5.74, 6) is 0.240. The standard InChI is InChI=1S/C36H72O9S.Na/c1-3-5-7-9-11-13-15-17-19-21-23-25-27-31(28-26-24-22-20-18-16-14-12-10-8-6-4-2)30-43-36-34(39)35(45-46(40,41)42)33(38)32(29-37)44-36;/h31-39H,3-30H2,1-2H3,(H,40,41,42);/q;+1/p-1/t32-,33+,34-,35+,36-;/m1./s1. The Morgan fingerprint density at radius 3 is 1.34 bits per heavy atom. The van der Waals surface area contributed by atoms with Gasteiger partial charge in [0, 0.05) is 0 Å². The summed E-state index contributed by atoms with van der Waals surface area (Å²) in [7, 11) is -5.20. The van der Waals surface area contributed by atoms with Crippen molar-refractivity contribution in [3.63, 3.8) is 0 Å². The molecule has 0 unspecified atom stereocenters. The molecule has 0 spiro atoms. The fourth-order valence-electron chi connectivity index (χ4n) is 6.53. The quantitative estimate of drug-likeness (QED) is 0.0378. The molecule has 1 fully saturated rings. The average molecular weight is 703 g/mol. The zero-order valence-electron chi connectivity index (χ0n) is 30.5. The number of hydrogen-bond donors (Lipinski definition) is 3. The van der Waals surface area contributed by atoms with Gasteiger partial charge in [0.1, 0.15) is 24.4 Å². The van der Waals surface area contributed by atoms with E-state index in [4.69, 9.17) is 9.47 Å². The Morgan fingerprint density at radius 1 is 0.638 bits per heavy atom. The summed E-state index contributed by atoms with van der Waals surface area (Å²) in [4.78, 5) is 0. The van der Waals surface area contributed by atoms with Crippen LogP contribution >= 0.6 is 0 Å². The molecule has 0 aromatic heterocycles. The van der Waals surface area contributed by atoms with E-state index in [0.717, 1.165) is 25.7 Å². The van der Waals surface area contributed by atoms with Gasteiger partial charge in [0.15, 0.2) is 6.29 Å². The van der Waals surface area contributed by atoms with Crippen LogP contribution in [0.5, 0.6) is 0 Å². The van der Waals surface area contributed by atoms with Gasteiger partial charge < -0.3 is 29.3 Å². The molecule has 0 bridgehead atoms. The summed E-state index contributed by atoms with van der Waals surface area (Å²) in [5, 5.41) is 30.5. The van der Waals surface area contributed by atoms with E-state index in [1.54, 1.807) is 0 Å². The topological polar surface area (TPSA) is 146 Å². The second-order valence-electron chi connectivity index (χ2n) is 13.7. The van der Waals surface area contributed by atoms with Crippen molar-refractivity contribution in [3.05, 3.63) is 0 Å². The van der Waals surface area contributed by atoms with Crippen molar-refractivity contribution in [2.75, 3.05) is 13.2 Å². The van der Waals surface area contributed by atoms with Crippen molar-refractivity contribution >= 4 is 10.4 Å². The molecule has 47 heavy (non-hydrogen) atoms. The van der Waals surface area contributed by atoms with Crippen LogP contribution in [-0.4, -0.2) is 72.2 Å². The largest absolute Gasteiger partial charge is 1.00 e. The molecule has 11 heteroatoms. The van der Waals surface area contributed by atoms with Crippen LogP contribution < -0.4 is 29.6 Å². The molecule has 276 valence electrons. The van der Waals surface area contributed by atoms with Gasteiger partial charge in [-0.15, -0.1) is 0 Å². The molecule has 1 aliphatic rings. The first-order valence-electron chi connectivity index (χ1n) is 19.1. The van der Waals surface area contributed by atoms with Gasteiger partial charge in [0.05, 0.1) is 13.2 Å². The number of unbranched alkanes of at least 4 members (excludes halogenated alkanes) is 22. The monoisotopic (exact) mass is 702 g/mol. The average Bonchev–Trinajstić information content (AvgIpc) is 3.02. The maximum Gasteiger partial charge on any atom is 1.00 e. The summed E-state index contributed by atoms with van der Waals surface area (Å²) in [6.07, 6.45) is 25.2. The molecule has 1 aliphatic heterocycles. The fourth-order valence-corrected chi connectivity index (χ4v) is 7.03. The molecule has 1 heterocycles. The van der Waals surface area contributed by atoms with Crippen LogP contribution in [0.2, 0.25) is 0 Å². The molecular weight excluding hydrogens is 631 g/mol. The van der Waals surface area contributed by atoms with E-state index in [2.05, 4.69) is 18.0 Å². The first-order valence-corrected chi connectivity index (χ1v) is 20.4. The van der Waals surface area contributed by atoms with Crippen LogP contribution in [0.1, 0.15) is 181 Å². The van der Waals surface area contributed by atoms with E-state index in [1.807, 2.05) is 0 Å². The molecular formula is C36H71NaO9S. The Kier molecular flexibility index (Phi) is 31.9. The smallest absolute Gasteiger partial charge is 0.726 e. The number of hydrogen-bond acceptors (Lipinski definition) is 9. The number of rotatable bonds is 32. The molecule has 0 aliphatic carbocycles. The fraction of sp³-hybridized carbons (Fsp3) is 1.00. The van der Waals surface area contributed by atoms with Crippen molar-refractivity contribution in [2.24, 2.45) is 5.92 Å². The van der Waals surface area contributed by atoms with Gasteiger partial charge in [-0.25, -0.2) is 8.42 Å². The van der Waals surface area contributed by atoms with Crippen LogP contribution in [0.4, 0.5) is 0 Å². The van der Waals surface area contributed by atoms with Gasteiger partial charge in [0.2, 0.25) is 10.4 Å². The zero-order chi connectivity index (χ0) is 33.9. The third-order valence-corrected chi connectivity index (χ3v) is 9.94. The molecule has 0 aromatic carbocycles. The van der Waals surface area contributed by atoms with Crippen molar-refractivity contribution in [1.29, 1.82) is 0 Å². The first-order chi connectivity index (χ1) is 22.2.